The molecule has 3 heteroatoms. The lowest BCUT2D eigenvalue weighted by molar-refractivity contribution is 0.603. The highest BCUT2D eigenvalue weighted by Crippen LogP contribution is 2.17. The van der Waals surface area contributed by atoms with Crippen molar-refractivity contribution >= 4 is 10.8 Å². The molecule has 1 fully saturated rings. The van der Waals surface area contributed by atoms with Crippen LogP contribution >= 0.6 is 0 Å². The summed E-state index contributed by atoms with van der Waals surface area (Å²) in [6.45, 7) is 1.17. The van der Waals surface area contributed by atoms with Crippen molar-refractivity contribution in [3.63, 3.8) is 0 Å². The van der Waals surface area contributed by atoms with E-state index in [0.717, 1.165) is 11.8 Å². The predicted octanol–water partition coefficient (Wildman–Crippen LogP) is 1.92. The first-order valence-corrected chi connectivity index (χ1v) is 5.84. The van der Waals surface area contributed by atoms with Gasteiger partial charge >= 0.3 is 0 Å². The molecule has 1 aliphatic heterocycles. The van der Waals surface area contributed by atoms with E-state index in [0.29, 0.717) is 6.04 Å². The zero-order valence-corrected chi connectivity index (χ0v) is 9.19. The summed E-state index contributed by atoms with van der Waals surface area (Å²) in [5, 5.41) is 13.7. The van der Waals surface area contributed by atoms with Gasteiger partial charge in [0.25, 0.3) is 0 Å². The molecule has 2 aromatic rings. The summed E-state index contributed by atoms with van der Waals surface area (Å²) in [5.74, 6) is 0. The van der Waals surface area contributed by atoms with Gasteiger partial charge in [-0.05, 0) is 37.4 Å². The van der Waals surface area contributed by atoms with Gasteiger partial charge in [-0.1, -0.05) is 12.1 Å². The average Bonchev–Trinajstić information content (AvgIpc) is 2.82. The highest BCUT2D eigenvalue weighted by atomic mass is 15.1. The Kier molecular flexibility index (Phi) is 2.54. The first kappa shape index (κ1) is 9.73. The number of hydrogen-bond donors (Lipinski definition) is 1. The van der Waals surface area contributed by atoms with E-state index in [9.17, 15) is 0 Å². The fourth-order valence-corrected chi connectivity index (χ4v) is 2.39. The van der Waals surface area contributed by atoms with Crippen molar-refractivity contribution in [2.75, 3.05) is 6.54 Å². The Labute approximate surface area is 94.9 Å². The maximum absolute atomic E-state index is 3.92. The maximum Gasteiger partial charge on any atom is 0.0574 e. The second-order valence-electron chi connectivity index (χ2n) is 4.45. The van der Waals surface area contributed by atoms with Crippen LogP contribution in [0.2, 0.25) is 0 Å². The minimum absolute atomic E-state index is 0.659. The lowest BCUT2D eigenvalue weighted by Crippen LogP contribution is -2.23. The van der Waals surface area contributed by atoms with Gasteiger partial charge < -0.3 is 5.32 Å². The Bertz CT molecular complexity index is 489. The zero-order chi connectivity index (χ0) is 10.8. The van der Waals surface area contributed by atoms with Gasteiger partial charge in [-0.3, -0.25) is 0 Å². The molecule has 1 aromatic heterocycles. The van der Waals surface area contributed by atoms with Crippen molar-refractivity contribution in [1.82, 2.24) is 15.5 Å². The zero-order valence-electron chi connectivity index (χ0n) is 9.19. The van der Waals surface area contributed by atoms with E-state index in [1.54, 1.807) is 0 Å². The number of nitrogens with one attached hydrogen (secondary N) is 1. The average molecular weight is 213 g/mol. The molecule has 1 unspecified atom stereocenters. The molecular formula is C13H15N3. The summed E-state index contributed by atoms with van der Waals surface area (Å²) >= 11 is 0. The number of fused-ring (bicyclic) bond motifs is 1. The van der Waals surface area contributed by atoms with Crippen molar-refractivity contribution in [3.05, 3.63) is 36.2 Å². The van der Waals surface area contributed by atoms with Gasteiger partial charge in [0.2, 0.25) is 0 Å². The molecule has 2 heterocycles. The Morgan fingerprint density at radius 1 is 1.19 bits per heavy atom. The van der Waals surface area contributed by atoms with E-state index < -0.39 is 0 Å². The third-order valence-corrected chi connectivity index (χ3v) is 3.26. The van der Waals surface area contributed by atoms with Gasteiger partial charge in [-0.2, -0.15) is 10.2 Å². The van der Waals surface area contributed by atoms with Crippen LogP contribution in [0.4, 0.5) is 0 Å². The maximum atomic E-state index is 3.92. The van der Waals surface area contributed by atoms with Gasteiger partial charge in [0, 0.05) is 16.8 Å². The molecule has 3 nitrogen and oxygen atoms in total. The molecule has 0 radical (unpaired) electrons. The van der Waals surface area contributed by atoms with E-state index >= 15 is 0 Å². The van der Waals surface area contributed by atoms with Crippen LogP contribution in [0.25, 0.3) is 10.8 Å². The Morgan fingerprint density at radius 2 is 2.06 bits per heavy atom. The topological polar surface area (TPSA) is 37.8 Å². The van der Waals surface area contributed by atoms with Crippen molar-refractivity contribution < 1.29 is 0 Å². The molecule has 82 valence electrons. The van der Waals surface area contributed by atoms with Crippen LogP contribution in [-0.4, -0.2) is 22.8 Å². The highest BCUT2D eigenvalue weighted by molar-refractivity contribution is 5.81. The first-order chi connectivity index (χ1) is 7.92. The van der Waals surface area contributed by atoms with E-state index in [-0.39, 0.29) is 0 Å². The molecule has 1 atom stereocenters. The van der Waals surface area contributed by atoms with Crippen molar-refractivity contribution in [1.29, 1.82) is 0 Å². The van der Waals surface area contributed by atoms with Crippen LogP contribution in [0.15, 0.2) is 30.6 Å². The largest absolute Gasteiger partial charge is 0.314 e. The van der Waals surface area contributed by atoms with Crippen molar-refractivity contribution in [2.45, 2.75) is 25.3 Å². The lowest BCUT2D eigenvalue weighted by Gasteiger charge is -2.10. The van der Waals surface area contributed by atoms with Crippen LogP contribution in [-0.2, 0) is 6.42 Å². The first-order valence-electron chi connectivity index (χ1n) is 5.84. The van der Waals surface area contributed by atoms with Crippen LogP contribution in [0.3, 0.4) is 0 Å². The number of hydrogen-bond acceptors (Lipinski definition) is 3. The minimum Gasteiger partial charge on any atom is -0.314 e. The van der Waals surface area contributed by atoms with E-state index in [1.807, 2.05) is 12.4 Å². The summed E-state index contributed by atoms with van der Waals surface area (Å²) < 4.78 is 0. The second-order valence-corrected chi connectivity index (χ2v) is 4.45. The van der Waals surface area contributed by atoms with Crippen LogP contribution < -0.4 is 5.32 Å². The SMILES string of the molecule is c1cc2cnncc2cc1CC1CCCN1. The van der Waals surface area contributed by atoms with E-state index in [2.05, 4.69) is 33.7 Å². The monoisotopic (exact) mass is 213 g/mol. The molecule has 0 bridgehead atoms. The standard InChI is InChI=1S/C13H15N3/c1-2-13(14-5-1)7-10-3-4-11-8-15-16-9-12(11)6-10/h3-4,6,8-9,13-14H,1-2,5,7H2. The molecule has 1 N–H and O–H groups in total. The quantitative estimate of drug-likeness (QED) is 0.828. The second kappa shape index (κ2) is 4.18. The molecular weight excluding hydrogens is 198 g/mol. The smallest absolute Gasteiger partial charge is 0.0574 e. The summed E-state index contributed by atoms with van der Waals surface area (Å²) in [6.07, 6.45) is 7.38. The number of rotatable bonds is 2. The minimum atomic E-state index is 0.659. The third-order valence-electron chi connectivity index (χ3n) is 3.26. The molecule has 3 rings (SSSR count). The summed E-state index contributed by atoms with van der Waals surface area (Å²) in [6, 6.07) is 7.22. The molecule has 16 heavy (non-hydrogen) atoms. The van der Waals surface area contributed by atoms with Gasteiger partial charge in [0.1, 0.15) is 0 Å². The highest BCUT2D eigenvalue weighted by Gasteiger charge is 2.14. The van der Waals surface area contributed by atoms with Gasteiger partial charge in [0.15, 0.2) is 0 Å². The Morgan fingerprint density at radius 3 is 2.88 bits per heavy atom. The number of nitrogens with zero attached hydrogens (tertiary/aromatic N) is 2. The summed E-state index contributed by atoms with van der Waals surface area (Å²) in [5.41, 5.74) is 1.39. The van der Waals surface area contributed by atoms with Gasteiger partial charge in [-0.25, -0.2) is 0 Å². The van der Waals surface area contributed by atoms with Crippen LogP contribution in [0.5, 0.6) is 0 Å². The van der Waals surface area contributed by atoms with E-state index in [1.165, 1.54) is 30.3 Å². The normalized spacial score (nSPS) is 20.4. The number of aromatic nitrogens is 2. The molecule has 0 amide bonds. The molecule has 1 aliphatic rings. The van der Waals surface area contributed by atoms with Crippen LogP contribution in [0, 0.1) is 0 Å². The molecule has 1 saturated heterocycles. The van der Waals surface area contributed by atoms with Crippen molar-refractivity contribution in [3.8, 4) is 0 Å². The fourth-order valence-electron chi connectivity index (χ4n) is 2.39. The molecule has 0 saturated carbocycles. The van der Waals surface area contributed by atoms with Gasteiger partial charge in [-0.15, -0.1) is 0 Å². The summed E-state index contributed by atoms with van der Waals surface area (Å²) in [4.78, 5) is 0. The lowest BCUT2D eigenvalue weighted by atomic mass is 10.0. The van der Waals surface area contributed by atoms with Gasteiger partial charge in [0.05, 0.1) is 12.4 Å². The molecule has 0 spiro atoms. The number of benzene rings is 1. The molecule has 0 aliphatic carbocycles. The van der Waals surface area contributed by atoms with Crippen molar-refractivity contribution in [2.24, 2.45) is 0 Å². The van der Waals surface area contributed by atoms with Crippen LogP contribution in [0.1, 0.15) is 18.4 Å². The Balaban J connectivity index is 1.86. The third kappa shape index (κ3) is 1.91. The predicted molar refractivity (Wildman–Crippen MR) is 64.3 cm³/mol. The fraction of sp³-hybridized carbons (Fsp3) is 0.385. The van der Waals surface area contributed by atoms with E-state index in [4.69, 9.17) is 0 Å². The summed E-state index contributed by atoms with van der Waals surface area (Å²) in [7, 11) is 0. The molecule has 1 aromatic carbocycles. The Hall–Kier alpha value is -1.48.